The molecule has 2 nitrogen and oxygen atoms in total. The second kappa shape index (κ2) is 9.48. The first-order valence-electron chi connectivity index (χ1n) is 11.0. The molecule has 1 aliphatic rings. The molecular weight excluding hydrogens is 358 g/mol. The van der Waals surface area contributed by atoms with Crippen LogP contribution in [-0.4, -0.2) is 8.32 Å². The fourth-order valence-electron chi connectivity index (χ4n) is 4.81. The van der Waals surface area contributed by atoms with Gasteiger partial charge in [-0.25, -0.2) is 0 Å². The first-order valence-corrected chi connectivity index (χ1v) is 13.1. The van der Waals surface area contributed by atoms with Crippen molar-refractivity contribution in [3.8, 4) is 6.07 Å². The molecule has 1 aliphatic carbocycles. The van der Waals surface area contributed by atoms with E-state index >= 15 is 0 Å². The van der Waals surface area contributed by atoms with E-state index in [1.54, 1.807) is 0 Å². The van der Waals surface area contributed by atoms with Crippen LogP contribution in [0.4, 0.5) is 0 Å². The van der Waals surface area contributed by atoms with Crippen LogP contribution < -0.4 is 0 Å². The summed E-state index contributed by atoms with van der Waals surface area (Å²) in [5, 5.41) is 10.1. The summed E-state index contributed by atoms with van der Waals surface area (Å²) in [6, 6.07) is 2.55. The lowest BCUT2D eigenvalue weighted by Gasteiger charge is -2.45. The molecule has 3 heteroatoms. The molecule has 0 N–H and O–H groups in total. The quantitative estimate of drug-likeness (QED) is 0.302. The van der Waals surface area contributed by atoms with E-state index in [-0.39, 0.29) is 5.41 Å². The Hall–Kier alpha value is -1.27. The van der Waals surface area contributed by atoms with Crippen LogP contribution in [0.5, 0.6) is 0 Å². The van der Waals surface area contributed by atoms with Crippen LogP contribution in [0, 0.1) is 22.2 Å². The predicted octanol–water partition coefficient (Wildman–Crippen LogP) is 8.30. The Balaban J connectivity index is 3.47. The summed E-state index contributed by atoms with van der Waals surface area (Å²) in [5.74, 6) is 0.895. The van der Waals surface area contributed by atoms with Crippen molar-refractivity contribution in [3.05, 3.63) is 35.6 Å². The molecule has 2 atom stereocenters. The molecule has 158 valence electrons. The molecule has 28 heavy (non-hydrogen) atoms. The molecule has 0 aliphatic heterocycles. The molecule has 0 aromatic rings. The van der Waals surface area contributed by atoms with Crippen LogP contribution in [-0.2, 0) is 4.43 Å². The van der Waals surface area contributed by atoms with Gasteiger partial charge >= 0.3 is 0 Å². The molecule has 2 unspecified atom stereocenters. The zero-order valence-electron chi connectivity index (χ0n) is 20.0. The molecule has 0 amide bonds. The molecule has 0 aromatic heterocycles. The molecule has 0 fully saturated rings. The first-order chi connectivity index (χ1) is 12.8. The third-order valence-corrected chi connectivity index (χ3v) is 12.5. The lowest BCUT2D eigenvalue weighted by atomic mass is 9.81. The molecule has 1 rings (SSSR count). The number of hydrogen-bond donors (Lipinski definition) is 0. The first kappa shape index (κ1) is 24.8. The largest absolute Gasteiger partial charge is 0.544 e. The standard InChI is InChI=1S/C25H43NOSi/c1-19(2)13-11-14-24(9)15-12-16-25(10,18-26)23(17-24)27-28(20(3)4,21(5)6)22(7)8/h12-13,16-17,20-22H,11,14-15H2,1-10H3. The number of nitrogens with zero attached hydrogens (tertiary/aromatic N) is 1. The Bertz CT molecular complexity index is 639. The third kappa shape index (κ3) is 5.41. The number of nitriles is 1. The minimum atomic E-state index is -2.12. The maximum atomic E-state index is 10.1. The van der Waals surface area contributed by atoms with Crippen LogP contribution in [0.25, 0.3) is 0 Å². The fraction of sp³-hybridized carbons (Fsp3) is 0.720. The minimum absolute atomic E-state index is 0.0114. The van der Waals surface area contributed by atoms with Gasteiger partial charge in [-0.1, -0.05) is 72.3 Å². The zero-order valence-corrected chi connectivity index (χ0v) is 21.0. The molecule has 0 spiro atoms. The van der Waals surface area contributed by atoms with Gasteiger partial charge in [0.1, 0.15) is 5.41 Å². The highest BCUT2D eigenvalue weighted by Crippen LogP contribution is 2.48. The number of allylic oxidation sites excluding steroid dienone is 5. The molecular formula is C25H43NOSi. The summed E-state index contributed by atoms with van der Waals surface area (Å²) in [4.78, 5) is 0. The van der Waals surface area contributed by atoms with Gasteiger partial charge in [0.2, 0.25) is 0 Å². The van der Waals surface area contributed by atoms with Crippen molar-refractivity contribution in [2.75, 3.05) is 0 Å². The molecule has 0 saturated heterocycles. The molecule has 0 bridgehead atoms. The van der Waals surface area contributed by atoms with Gasteiger partial charge in [0.25, 0.3) is 8.32 Å². The molecule has 0 saturated carbocycles. The van der Waals surface area contributed by atoms with Crippen molar-refractivity contribution in [3.63, 3.8) is 0 Å². The highest BCUT2D eigenvalue weighted by Gasteiger charge is 2.49. The fourth-order valence-corrected chi connectivity index (χ4v) is 10.2. The number of hydrogen-bond acceptors (Lipinski definition) is 2. The SMILES string of the molecule is CC(C)=CCCC1(C)C=C(O[Si](C(C)C)(C(C)C)C(C)C)C(C)(C#N)C=CC1. The zero-order chi connectivity index (χ0) is 21.8. The van der Waals surface area contributed by atoms with Crippen LogP contribution in [0.2, 0.25) is 16.6 Å². The van der Waals surface area contributed by atoms with E-state index in [0.29, 0.717) is 16.6 Å². The van der Waals surface area contributed by atoms with Crippen LogP contribution in [0.15, 0.2) is 35.6 Å². The lowest BCUT2D eigenvalue weighted by molar-refractivity contribution is 0.294. The van der Waals surface area contributed by atoms with Gasteiger partial charge in [-0.15, -0.1) is 0 Å². The lowest BCUT2D eigenvalue weighted by Crippen LogP contribution is -2.48. The van der Waals surface area contributed by atoms with Crippen LogP contribution in [0.1, 0.15) is 88.5 Å². The van der Waals surface area contributed by atoms with Gasteiger partial charge in [0.05, 0.1) is 11.8 Å². The highest BCUT2D eigenvalue weighted by atomic mass is 28.4. The van der Waals surface area contributed by atoms with Gasteiger partial charge in [-0.3, -0.25) is 0 Å². The van der Waals surface area contributed by atoms with Crippen molar-refractivity contribution in [1.29, 1.82) is 5.26 Å². The maximum absolute atomic E-state index is 10.1. The molecule has 0 heterocycles. The Morgan fingerprint density at radius 2 is 1.68 bits per heavy atom. The van der Waals surface area contributed by atoms with E-state index in [9.17, 15) is 5.26 Å². The van der Waals surface area contributed by atoms with Gasteiger partial charge < -0.3 is 4.43 Å². The summed E-state index contributed by atoms with van der Waals surface area (Å²) in [6.07, 6.45) is 12.0. The smallest absolute Gasteiger partial charge is 0.258 e. The molecule has 0 aromatic carbocycles. The number of rotatable bonds is 8. The Kier molecular flexibility index (Phi) is 8.39. The van der Waals surface area contributed by atoms with Gasteiger partial charge in [-0.05, 0) is 68.1 Å². The van der Waals surface area contributed by atoms with E-state index in [1.807, 2.05) is 6.92 Å². The van der Waals surface area contributed by atoms with Gasteiger partial charge in [0.15, 0.2) is 0 Å². The second-order valence-corrected chi connectivity index (χ2v) is 15.7. The van der Waals surface area contributed by atoms with Crippen molar-refractivity contribution in [2.24, 2.45) is 10.8 Å². The Morgan fingerprint density at radius 3 is 2.11 bits per heavy atom. The predicted molar refractivity (Wildman–Crippen MR) is 124 cm³/mol. The summed E-state index contributed by atoms with van der Waals surface area (Å²) >= 11 is 0. The van der Waals surface area contributed by atoms with Crippen molar-refractivity contribution in [1.82, 2.24) is 0 Å². The summed E-state index contributed by atoms with van der Waals surface area (Å²) in [7, 11) is -2.12. The van der Waals surface area contributed by atoms with E-state index in [4.69, 9.17) is 4.43 Å². The monoisotopic (exact) mass is 401 g/mol. The minimum Gasteiger partial charge on any atom is -0.544 e. The van der Waals surface area contributed by atoms with Crippen molar-refractivity contribution in [2.45, 2.75) is 105 Å². The Labute approximate surface area is 175 Å². The van der Waals surface area contributed by atoms with E-state index in [0.717, 1.165) is 25.0 Å². The average molecular weight is 402 g/mol. The van der Waals surface area contributed by atoms with E-state index in [2.05, 4.69) is 92.7 Å². The molecule has 0 radical (unpaired) electrons. The summed E-state index contributed by atoms with van der Waals surface area (Å²) in [6.45, 7) is 22.4. The van der Waals surface area contributed by atoms with E-state index < -0.39 is 13.7 Å². The second-order valence-electron chi connectivity index (χ2n) is 10.3. The Morgan fingerprint density at radius 1 is 1.14 bits per heavy atom. The van der Waals surface area contributed by atoms with Gasteiger partial charge in [0, 0.05) is 0 Å². The normalized spacial score (nSPS) is 25.5. The third-order valence-electron chi connectivity index (χ3n) is 6.52. The van der Waals surface area contributed by atoms with Gasteiger partial charge in [-0.2, -0.15) is 5.26 Å². The summed E-state index contributed by atoms with van der Waals surface area (Å²) < 4.78 is 7.08. The topological polar surface area (TPSA) is 33.0 Å². The van der Waals surface area contributed by atoms with E-state index in [1.165, 1.54) is 5.57 Å². The van der Waals surface area contributed by atoms with Crippen LogP contribution >= 0.6 is 0 Å². The van der Waals surface area contributed by atoms with Crippen molar-refractivity contribution < 1.29 is 4.43 Å². The highest BCUT2D eigenvalue weighted by molar-refractivity contribution is 6.77. The van der Waals surface area contributed by atoms with Crippen LogP contribution in [0.3, 0.4) is 0 Å². The summed E-state index contributed by atoms with van der Waals surface area (Å²) in [5.41, 5.74) is 2.14. The maximum Gasteiger partial charge on any atom is 0.258 e. The van der Waals surface area contributed by atoms with Crippen molar-refractivity contribution >= 4 is 8.32 Å². The average Bonchev–Trinajstić information content (AvgIpc) is 2.68.